The summed E-state index contributed by atoms with van der Waals surface area (Å²) in [6.07, 6.45) is 0.941. The van der Waals surface area contributed by atoms with Gasteiger partial charge in [-0.05, 0) is 30.7 Å². The van der Waals surface area contributed by atoms with Crippen LogP contribution in [0.3, 0.4) is 0 Å². The van der Waals surface area contributed by atoms with Crippen molar-refractivity contribution in [2.24, 2.45) is 0 Å². The molecule has 1 saturated heterocycles. The maximum absolute atomic E-state index is 9.46. The Balaban J connectivity index is 1.43. The van der Waals surface area contributed by atoms with Crippen molar-refractivity contribution < 1.29 is 19.3 Å². The Kier molecular flexibility index (Phi) is 7.39. The molecule has 1 fully saturated rings. The van der Waals surface area contributed by atoms with Crippen LogP contribution in [0.25, 0.3) is 0 Å². The van der Waals surface area contributed by atoms with E-state index >= 15 is 0 Å². The topological polar surface area (TPSA) is 54.4 Å². The number of para-hydroxylation sites is 2. The molecule has 0 unspecified atom stereocenters. The molecule has 0 aliphatic carbocycles. The predicted octanol–water partition coefficient (Wildman–Crippen LogP) is 2.79. The zero-order chi connectivity index (χ0) is 19.8. The van der Waals surface area contributed by atoms with Crippen LogP contribution in [0.1, 0.15) is 12.0 Å². The molecule has 6 heteroatoms. The highest BCUT2D eigenvalue weighted by atomic mass is 16.5. The summed E-state index contributed by atoms with van der Waals surface area (Å²) in [6.45, 7) is 5.62. The number of anilines is 1. The molecule has 0 saturated carbocycles. The first-order chi connectivity index (χ1) is 13.7. The minimum atomic E-state index is -0.0375. The average molecular weight is 386 g/mol. The van der Waals surface area contributed by atoms with E-state index in [4.69, 9.17) is 14.2 Å². The number of methoxy groups -OCH3 is 2. The molecule has 6 nitrogen and oxygen atoms in total. The van der Waals surface area contributed by atoms with Gasteiger partial charge in [-0.2, -0.15) is 0 Å². The molecule has 2 aromatic carbocycles. The first kappa shape index (κ1) is 20.3. The SMILES string of the molecule is COc1ccc(CO)c(OCCCN2CCN(c3ccccc3OC)CC2)c1. The molecule has 28 heavy (non-hydrogen) atoms. The Morgan fingerprint density at radius 2 is 1.71 bits per heavy atom. The highest BCUT2D eigenvalue weighted by Gasteiger charge is 2.19. The van der Waals surface area contributed by atoms with Crippen molar-refractivity contribution in [1.29, 1.82) is 0 Å². The summed E-state index contributed by atoms with van der Waals surface area (Å²) in [5.41, 5.74) is 1.95. The van der Waals surface area contributed by atoms with Gasteiger partial charge in [0.05, 0.1) is 33.1 Å². The van der Waals surface area contributed by atoms with Gasteiger partial charge in [0.1, 0.15) is 17.2 Å². The van der Waals surface area contributed by atoms with Crippen molar-refractivity contribution in [3.05, 3.63) is 48.0 Å². The molecule has 0 aromatic heterocycles. The number of aliphatic hydroxyl groups is 1. The quantitative estimate of drug-likeness (QED) is 0.669. The number of hydrogen-bond donors (Lipinski definition) is 1. The zero-order valence-corrected chi connectivity index (χ0v) is 16.8. The van der Waals surface area contributed by atoms with Crippen LogP contribution in [0, 0.1) is 0 Å². The third-order valence-electron chi connectivity index (χ3n) is 5.12. The molecule has 1 aliphatic heterocycles. The van der Waals surface area contributed by atoms with Crippen LogP contribution in [0.15, 0.2) is 42.5 Å². The van der Waals surface area contributed by atoms with Crippen LogP contribution in [0.4, 0.5) is 5.69 Å². The highest BCUT2D eigenvalue weighted by molar-refractivity contribution is 5.58. The Labute approximate surface area is 167 Å². The van der Waals surface area contributed by atoms with Crippen LogP contribution >= 0.6 is 0 Å². The van der Waals surface area contributed by atoms with E-state index in [9.17, 15) is 5.11 Å². The Bertz CT molecular complexity index is 745. The molecule has 152 valence electrons. The molecule has 3 rings (SSSR count). The van der Waals surface area contributed by atoms with Crippen molar-refractivity contribution in [2.75, 3.05) is 58.5 Å². The maximum atomic E-state index is 9.46. The predicted molar refractivity (Wildman–Crippen MR) is 111 cm³/mol. The normalized spacial score (nSPS) is 14.8. The van der Waals surface area contributed by atoms with Crippen molar-refractivity contribution in [1.82, 2.24) is 4.90 Å². The summed E-state index contributed by atoms with van der Waals surface area (Å²) >= 11 is 0. The summed E-state index contributed by atoms with van der Waals surface area (Å²) in [5, 5.41) is 9.46. The molecule has 1 N–H and O–H groups in total. The fraction of sp³-hybridized carbons (Fsp3) is 0.455. The number of aliphatic hydroxyl groups excluding tert-OH is 1. The van der Waals surface area contributed by atoms with Gasteiger partial charge >= 0.3 is 0 Å². The van der Waals surface area contributed by atoms with E-state index in [0.29, 0.717) is 12.4 Å². The van der Waals surface area contributed by atoms with E-state index in [1.165, 1.54) is 5.69 Å². The number of benzene rings is 2. The summed E-state index contributed by atoms with van der Waals surface area (Å²) in [4.78, 5) is 4.85. The largest absolute Gasteiger partial charge is 0.497 e. The van der Waals surface area contributed by atoms with Gasteiger partial charge in [-0.1, -0.05) is 12.1 Å². The van der Waals surface area contributed by atoms with Gasteiger partial charge in [-0.25, -0.2) is 0 Å². The van der Waals surface area contributed by atoms with Crippen LogP contribution in [0.2, 0.25) is 0 Å². The van der Waals surface area contributed by atoms with Crippen molar-refractivity contribution in [2.45, 2.75) is 13.0 Å². The molecular weight excluding hydrogens is 356 g/mol. The third kappa shape index (κ3) is 5.09. The van der Waals surface area contributed by atoms with Crippen LogP contribution in [0.5, 0.6) is 17.2 Å². The van der Waals surface area contributed by atoms with Gasteiger partial charge < -0.3 is 24.2 Å². The first-order valence-electron chi connectivity index (χ1n) is 9.76. The minimum absolute atomic E-state index is 0.0375. The van der Waals surface area contributed by atoms with Gasteiger partial charge in [0.15, 0.2) is 0 Å². The molecule has 0 bridgehead atoms. The number of rotatable bonds is 9. The maximum Gasteiger partial charge on any atom is 0.142 e. The molecule has 1 heterocycles. The van der Waals surface area contributed by atoms with Gasteiger partial charge in [-0.3, -0.25) is 4.90 Å². The lowest BCUT2D eigenvalue weighted by Gasteiger charge is -2.36. The Morgan fingerprint density at radius 1 is 0.929 bits per heavy atom. The van der Waals surface area contributed by atoms with E-state index in [1.54, 1.807) is 14.2 Å². The monoisotopic (exact) mass is 386 g/mol. The first-order valence-corrected chi connectivity index (χ1v) is 9.76. The lowest BCUT2D eigenvalue weighted by Crippen LogP contribution is -2.46. The van der Waals surface area contributed by atoms with E-state index in [0.717, 1.165) is 56.2 Å². The van der Waals surface area contributed by atoms with Gasteiger partial charge in [-0.15, -0.1) is 0 Å². The van der Waals surface area contributed by atoms with E-state index in [-0.39, 0.29) is 6.61 Å². The number of piperazine rings is 1. The Hall–Kier alpha value is -2.44. The van der Waals surface area contributed by atoms with Crippen molar-refractivity contribution in [3.8, 4) is 17.2 Å². The van der Waals surface area contributed by atoms with Gasteiger partial charge in [0, 0.05) is 44.4 Å². The second kappa shape index (κ2) is 10.2. The molecule has 0 radical (unpaired) electrons. The lowest BCUT2D eigenvalue weighted by molar-refractivity contribution is 0.219. The highest BCUT2D eigenvalue weighted by Crippen LogP contribution is 2.28. The minimum Gasteiger partial charge on any atom is -0.497 e. The number of ether oxygens (including phenoxy) is 3. The van der Waals surface area contributed by atoms with E-state index in [2.05, 4.69) is 21.9 Å². The molecule has 0 atom stereocenters. The fourth-order valence-corrected chi connectivity index (χ4v) is 3.50. The van der Waals surface area contributed by atoms with Gasteiger partial charge in [0.25, 0.3) is 0 Å². The molecule has 1 aliphatic rings. The van der Waals surface area contributed by atoms with E-state index < -0.39 is 0 Å². The molecular formula is C22H30N2O4. The summed E-state index contributed by atoms with van der Waals surface area (Å²) < 4.78 is 16.6. The average Bonchev–Trinajstić information content (AvgIpc) is 2.77. The summed E-state index contributed by atoms with van der Waals surface area (Å²) in [5.74, 6) is 2.37. The number of nitrogens with zero attached hydrogens (tertiary/aromatic N) is 2. The zero-order valence-electron chi connectivity index (χ0n) is 16.8. The summed E-state index contributed by atoms with van der Waals surface area (Å²) in [6, 6.07) is 13.7. The third-order valence-corrected chi connectivity index (χ3v) is 5.12. The van der Waals surface area contributed by atoms with E-state index in [1.807, 2.05) is 30.3 Å². The number of hydrogen-bond acceptors (Lipinski definition) is 6. The van der Waals surface area contributed by atoms with Crippen LogP contribution in [-0.4, -0.2) is 63.6 Å². The second-order valence-corrected chi connectivity index (χ2v) is 6.83. The Morgan fingerprint density at radius 3 is 2.43 bits per heavy atom. The lowest BCUT2D eigenvalue weighted by atomic mass is 10.2. The van der Waals surface area contributed by atoms with Crippen LogP contribution in [-0.2, 0) is 6.61 Å². The van der Waals surface area contributed by atoms with Gasteiger partial charge in [0.2, 0.25) is 0 Å². The second-order valence-electron chi connectivity index (χ2n) is 6.83. The van der Waals surface area contributed by atoms with Crippen molar-refractivity contribution in [3.63, 3.8) is 0 Å². The molecule has 0 amide bonds. The summed E-state index contributed by atoms with van der Waals surface area (Å²) in [7, 11) is 3.35. The fourth-order valence-electron chi connectivity index (χ4n) is 3.50. The van der Waals surface area contributed by atoms with Crippen LogP contribution < -0.4 is 19.1 Å². The smallest absolute Gasteiger partial charge is 0.142 e. The standard InChI is InChI=1S/C22H30N2O4/c1-26-19-9-8-18(17-25)22(16-19)28-15-5-10-23-11-13-24(14-12-23)20-6-3-4-7-21(20)27-2/h3-4,6-9,16,25H,5,10-15,17H2,1-2H3. The molecule has 0 spiro atoms. The van der Waals surface area contributed by atoms with Crippen molar-refractivity contribution >= 4 is 5.69 Å². The molecule has 2 aromatic rings.